The van der Waals surface area contributed by atoms with Crippen molar-refractivity contribution in [1.82, 2.24) is 4.90 Å². The van der Waals surface area contributed by atoms with Crippen molar-refractivity contribution in [3.05, 3.63) is 40.9 Å². The van der Waals surface area contributed by atoms with Gasteiger partial charge < -0.3 is 10.6 Å². The Bertz CT molecular complexity index is 443. The van der Waals surface area contributed by atoms with E-state index in [1.165, 1.54) is 0 Å². The summed E-state index contributed by atoms with van der Waals surface area (Å²) in [5, 5.41) is 0.416. The number of rotatable bonds is 1. The van der Waals surface area contributed by atoms with Crippen molar-refractivity contribution in [3.8, 4) is 0 Å². The predicted octanol–water partition coefficient (Wildman–Crippen LogP) is 2.32. The van der Waals surface area contributed by atoms with Gasteiger partial charge in [0.1, 0.15) is 0 Å². The molecule has 0 aromatic heterocycles. The normalized spacial score (nSPS) is 15.2. The Morgan fingerprint density at radius 3 is 2.81 bits per heavy atom. The highest BCUT2D eigenvalue weighted by molar-refractivity contribution is 6.34. The molecular formula is C12H13ClN2O. The minimum atomic E-state index is -0.0330. The van der Waals surface area contributed by atoms with Crippen LogP contribution in [0.25, 0.3) is 0 Å². The first-order valence-electron chi connectivity index (χ1n) is 5.18. The van der Waals surface area contributed by atoms with Gasteiger partial charge in [0.2, 0.25) is 0 Å². The van der Waals surface area contributed by atoms with E-state index in [1.54, 1.807) is 23.1 Å². The van der Waals surface area contributed by atoms with Crippen molar-refractivity contribution >= 4 is 23.2 Å². The molecule has 1 aromatic carbocycles. The molecule has 4 heteroatoms. The maximum absolute atomic E-state index is 12.1. The summed E-state index contributed by atoms with van der Waals surface area (Å²) in [4.78, 5) is 13.9. The molecule has 1 aliphatic heterocycles. The van der Waals surface area contributed by atoms with E-state index in [4.69, 9.17) is 17.3 Å². The highest BCUT2D eigenvalue weighted by Gasteiger charge is 2.18. The molecule has 0 radical (unpaired) electrons. The number of hydrogen-bond donors (Lipinski definition) is 1. The Morgan fingerprint density at radius 2 is 2.19 bits per heavy atom. The van der Waals surface area contributed by atoms with Gasteiger partial charge >= 0.3 is 0 Å². The summed E-state index contributed by atoms with van der Waals surface area (Å²) >= 11 is 6.00. The third-order valence-corrected chi connectivity index (χ3v) is 2.88. The van der Waals surface area contributed by atoms with E-state index in [1.807, 2.05) is 6.08 Å². The number of carbonyl (C=O) groups is 1. The topological polar surface area (TPSA) is 46.3 Å². The van der Waals surface area contributed by atoms with Crippen LogP contribution in [0, 0.1) is 0 Å². The van der Waals surface area contributed by atoms with Crippen molar-refractivity contribution in [2.24, 2.45) is 0 Å². The molecule has 0 saturated heterocycles. The molecule has 0 atom stereocenters. The van der Waals surface area contributed by atoms with Gasteiger partial charge in [-0.1, -0.05) is 23.8 Å². The summed E-state index contributed by atoms with van der Waals surface area (Å²) in [5.74, 6) is -0.0330. The van der Waals surface area contributed by atoms with Crippen molar-refractivity contribution in [1.29, 1.82) is 0 Å². The molecule has 0 unspecified atom stereocenters. The number of nitrogens with zero attached hydrogens (tertiary/aromatic N) is 1. The summed E-state index contributed by atoms with van der Waals surface area (Å²) in [7, 11) is 0. The molecule has 0 fully saturated rings. The van der Waals surface area contributed by atoms with Crippen molar-refractivity contribution in [2.45, 2.75) is 6.42 Å². The summed E-state index contributed by atoms with van der Waals surface area (Å²) in [6, 6.07) is 4.98. The molecule has 0 aliphatic carbocycles. The average Bonchev–Trinajstić information content (AvgIpc) is 2.29. The fourth-order valence-corrected chi connectivity index (χ4v) is 1.97. The van der Waals surface area contributed by atoms with Gasteiger partial charge in [-0.05, 0) is 24.6 Å². The highest BCUT2D eigenvalue weighted by atomic mass is 35.5. The molecule has 3 nitrogen and oxygen atoms in total. The SMILES string of the molecule is Nc1ccc(C(=O)N2CC=CCC2)c(Cl)c1. The molecule has 2 rings (SSSR count). The Morgan fingerprint density at radius 1 is 1.38 bits per heavy atom. The zero-order valence-electron chi connectivity index (χ0n) is 8.82. The number of nitrogens with two attached hydrogens (primary N) is 1. The maximum atomic E-state index is 12.1. The van der Waals surface area contributed by atoms with Gasteiger partial charge in [-0.25, -0.2) is 0 Å². The van der Waals surface area contributed by atoms with Gasteiger partial charge in [0.25, 0.3) is 5.91 Å². The third kappa shape index (κ3) is 2.19. The molecule has 1 amide bonds. The zero-order chi connectivity index (χ0) is 11.5. The van der Waals surface area contributed by atoms with Crippen LogP contribution in [-0.4, -0.2) is 23.9 Å². The van der Waals surface area contributed by atoms with Crippen LogP contribution >= 0.6 is 11.6 Å². The molecule has 1 aromatic rings. The van der Waals surface area contributed by atoms with Crippen molar-refractivity contribution < 1.29 is 4.79 Å². The van der Waals surface area contributed by atoms with Crippen LogP contribution in [0.2, 0.25) is 5.02 Å². The summed E-state index contributed by atoms with van der Waals surface area (Å²) in [6.45, 7) is 1.40. The predicted molar refractivity (Wildman–Crippen MR) is 65.5 cm³/mol. The Labute approximate surface area is 99.5 Å². The molecule has 0 bridgehead atoms. The number of halogens is 1. The first-order chi connectivity index (χ1) is 7.68. The molecule has 16 heavy (non-hydrogen) atoms. The van der Waals surface area contributed by atoms with E-state index < -0.39 is 0 Å². The van der Waals surface area contributed by atoms with E-state index in [-0.39, 0.29) is 5.91 Å². The molecule has 0 spiro atoms. The van der Waals surface area contributed by atoms with Crippen LogP contribution in [0.3, 0.4) is 0 Å². The van der Waals surface area contributed by atoms with Crippen LogP contribution in [-0.2, 0) is 0 Å². The lowest BCUT2D eigenvalue weighted by molar-refractivity contribution is 0.0771. The van der Waals surface area contributed by atoms with Crippen LogP contribution in [0.5, 0.6) is 0 Å². The zero-order valence-corrected chi connectivity index (χ0v) is 9.57. The van der Waals surface area contributed by atoms with E-state index in [9.17, 15) is 4.79 Å². The molecule has 0 saturated carbocycles. The van der Waals surface area contributed by atoms with Crippen molar-refractivity contribution in [3.63, 3.8) is 0 Å². The summed E-state index contributed by atoms with van der Waals surface area (Å²) in [5.41, 5.74) is 6.67. The summed E-state index contributed by atoms with van der Waals surface area (Å²) in [6.07, 6.45) is 4.97. The van der Waals surface area contributed by atoms with E-state index in [2.05, 4.69) is 6.08 Å². The lowest BCUT2D eigenvalue weighted by Crippen LogP contribution is -2.33. The Hall–Kier alpha value is -1.48. The lowest BCUT2D eigenvalue weighted by atomic mass is 10.1. The van der Waals surface area contributed by atoms with Gasteiger partial charge in [-0.2, -0.15) is 0 Å². The standard InChI is InChI=1S/C12H13ClN2O/c13-11-8-9(14)4-5-10(11)12(16)15-6-2-1-3-7-15/h1-2,4-5,8H,3,6-7,14H2. The van der Waals surface area contributed by atoms with E-state index in [0.717, 1.165) is 13.0 Å². The first kappa shape index (κ1) is 11.0. The average molecular weight is 237 g/mol. The number of benzene rings is 1. The maximum Gasteiger partial charge on any atom is 0.255 e. The van der Waals surface area contributed by atoms with Crippen LogP contribution in [0.15, 0.2) is 30.4 Å². The fourth-order valence-electron chi connectivity index (χ4n) is 1.70. The van der Waals surface area contributed by atoms with Crippen LogP contribution in [0.1, 0.15) is 16.8 Å². The summed E-state index contributed by atoms with van der Waals surface area (Å²) < 4.78 is 0. The Kier molecular flexibility index (Phi) is 3.15. The number of hydrogen-bond acceptors (Lipinski definition) is 2. The molecule has 84 valence electrons. The van der Waals surface area contributed by atoms with Gasteiger partial charge in [0.05, 0.1) is 10.6 Å². The number of carbonyl (C=O) groups excluding carboxylic acids is 1. The Balaban J connectivity index is 2.23. The molecular weight excluding hydrogens is 224 g/mol. The molecule has 2 N–H and O–H groups in total. The second-order valence-corrected chi connectivity index (χ2v) is 4.16. The fraction of sp³-hybridized carbons (Fsp3) is 0.250. The van der Waals surface area contributed by atoms with Gasteiger partial charge in [0.15, 0.2) is 0 Å². The smallest absolute Gasteiger partial charge is 0.255 e. The molecule has 1 heterocycles. The monoisotopic (exact) mass is 236 g/mol. The number of anilines is 1. The number of amides is 1. The minimum absolute atomic E-state index is 0.0330. The first-order valence-corrected chi connectivity index (χ1v) is 5.55. The highest BCUT2D eigenvalue weighted by Crippen LogP contribution is 2.21. The van der Waals surface area contributed by atoms with Crippen molar-refractivity contribution in [2.75, 3.05) is 18.8 Å². The van der Waals surface area contributed by atoms with E-state index in [0.29, 0.717) is 22.8 Å². The molecule has 1 aliphatic rings. The van der Waals surface area contributed by atoms with E-state index >= 15 is 0 Å². The number of nitrogen functional groups attached to an aromatic ring is 1. The largest absolute Gasteiger partial charge is 0.399 e. The quantitative estimate of drug-likeness (QED) is 0.601. The minimum Gasteiger partial charge on any atom is -0.399 e. The second-order valence-electron chi connectivity index (χ2n) is 3.75. The van der Waals surface area contributed by atoms with Gasteiger partial charge in [-0.3, -0.25) is 4.79 Å². The lowest BCUT2D eigenvalue weighted by Gasteiger charge is -2.23. The second kappa shape index (κ2) is 4.58. The third-order valence-electron chi connectivity index (χ3n) is 2.57. The van der Waals surface area contributed by atoms with Gasteiger partial charge in [0, 0.05) is 18.8 Å². The van der Waals surface area contributed by atoms with Crippen LogP contribution < -0.4 is 5.73 Å². The van der Waals surface area contributed by atoms with Gasteiger partial charge in [-0.15, -0.1) is 0 Å². The van der Waals surface area contributed by atoms with Crippen LogP contribution in [0.4, 0.5) is 5.69 Å².